The van der Waals surface area contributed by atoms with Crippen LogP contribution in [0.15, 0.2) is 0 Å². The maximum absolute atomic E-state index is 4.10. The van der Waals surface area contributed by atoms with Gasteiger partial charge < -0.3 is 18.7 Å². The molecule has 0 N–H and O–H groups in total. The molecular formula is C13H27NV. The second-order valence-electron chi connectivity index (χ2n) is 4.65. The summed E-state index contributed by atoms with van der Waals surface area (Å²) in [5, 5.41) is 0. The van der Waals surface area contributed by atoms with Crippen LogP contribution in [0, 0.1) is 25.7 Å². The van der Waals surface area contributed by atoms with Gasteiger partial charge in [0.1, 0.15) is 0 Å². The van der Waals surface area contributed by atoms with Crippen molar-refractivity contribution < 1.29 is 18.6 Å². The van der Waals surface area contributed by atoms with E-state index in [4.69, 9.17) is 0 Å². The van der Waals surface area contributed by atoms with E-state index >= 15 is 0 Å². The Kier molecular flexibility index (Phi) is 13.2. The Morgan fingerprint density at radius 1 is 1.13 bits per heavy atom. The molecular weight excluding hydrogens is 221 g/mol. The third kappa shape index (κ3) is 10.8. The Morgan fingerprint density at radius 2 is 1.53 bits per heavy atom. The molecule has 0 unspecified atom stereocenters. The van der Waals surface area contributed by atoms with Crippen LogP contribution in [0.2, 0.25) is 0 Å². The zero-order valence-corrected chi connectivity index (χ0v) is 12.1. The first kappa shape index (κ1) is 17.9. The van der Waals surface area contributed by atoms with Gasteiger partial charge >= 0.3 is 18.6 Å². The summed E-state index contributed by atoms with van der Waals surface area (Å²) in [6.45, 7) is 10.9. The van der Waals surface area contributed by atoms with Crippen molar-refractivity contribution in [1.82, 2.24) is 4.90 Å². The summed E-state index contributed by atoms with van der Waals surface area (Å²) < 4.78 is 0. The molecule has 1 aliphatic carbocycles. The average molecular weight is 248 g/mol. The number of hydrogen-bond donors (Lipinski definition) is 0. The van der Waals surface area contributed by atoms with Gasteiger partial charge in [0.05, 0.1) is 0 Å². The van der Waals surface area contributed by atoms with Crippen molar-refractivity contribution in [2.24, 2.45) is 11.8 Å². The van der Waals surface area contributed by atoms with Gasteiger partial charge in [-0.1, -0.05) is 32.6 Å². The molecule has 2 heteroatoms. The van der Waals surface area contributed by atoms with Gasteiger partial charge in [0.15, 0.2) is 0 Å². The summed E-state index contributed by atoms with van der Waals surface area (Å²) in [7, 11) is 4.33. The van der Waals surface area contributed by atoms with E-state index in [1.165, 1.54) is 32.2 Å². The van der Waals surface area contributed by atoms with Crippen LogP contribution >= 0.6 is 0 Å². The molecule has 0 heterocycles. The van der Waals surface area contributed by atoms with E-state index in [-0.39, 0.29) is 18.6 Å². The molecule has 1 saturated carbocycles. The van der Waals surface area contributed by atoms with Gasteiger partial charge in [-0.25, -0.2) is 0 Å². The smallest absolute Gasteiger partial charge is 0.344 e. The van der Waals surface area contributed by atoms with Gasteiger partial charge in [-0.15, -0.1) is 0 Å². The second kappa shape index (κ2) is 11.0. The van der Waals surface area contributed by atoms with Crippen molar-refractivity contribution >= 4 is 0 Å². The van der Waals surface area contributed by atoms with Gasteiger partial charge in [-0.05, 0) is 20.0 Å². The van der Waals surface area contributed by atoms with E-state index in [1.807, 2.05) is 6.92 Å². The number of nitrogens with zero attached hydrogens (tertiary/aromatic N) is 1. The minimum atomic E-state index is 0. The molecule has 1 radical (unpaired) electrons. The van der Waals surface area contributed by atoms with Crippen LogP contribution in [0.25, 0.3) is 0 Å². The predicted molar refractivity (Wildman–Crippen MR) is 65.0 cm³/mol. The van der Waals surface area contributed by atoms with Crippen molar-refractivity contribution in [2.75, 3.05) is 20.6 Å². The first-order valence-electron chi connectivity index (χ1n) is 5.87. The predicted octanol–water partition coefficient (Wildman–Crippen LogP) is 3.42. The van der Waals surface area contributed by atoms with E-state index in [0.717, 1.165) is 18.3 Å². The maximum atomic E-state index is 4.10. The Morgan fingerprint density at radius 3 is 1.87 bits per heavy atom. The van der Waals surface area contributed by atoms with Crippen LogP contribution in [0.5, 0.6) is 0 Å². The van der Waals surface area contributed by atoms with Crippen LogP contribution in [-0.2, 0) is 18.6 Å². The van der Waals surface area contributed by atoms with Gasteiger partial charge in [0.2, 0.25) is 0 Å². The van der Waals surface area contributed by atoms with Crippen LogP contribution in [0.1, 0.15) is 39.0 Å². The van der Waals surface area contributed by atoms with E-state index in [0.29, 0.717) is 0 Å². The summed E-state index contributed by atoms with van der Waals surface area (Å²) in [4.78, 5) is 2.30. The SMILES string of the molecule is [CH2-]C1CCC(CN(C)C)CC1.[CH2-]CC.[V+2]. The summed E-state index contributed by atoms with van der Waals surface area (Å²) in [5.41, 5.74) is 0. The van der Waals surface area contributed by atoms with Crippen molar-refractivity contribution in [3.05, 3.63) is 13.8 Å². The van der Waals surface area contributed by atoms with Gasteiger partial charge in [0, 0.05) is 6.54 Å². The Hall–Kier alpha value is 0.544. The molecule has 0 atom stereocenters. The quantitative estimate of drug-likeness (QED) is 0.677. The Labute approximate surface area is 109 Å². The van der Waals surface area contributed by atoms with Crippen LogP contribution in [0.4, 0.5) is 0 Å². The van der Waals surface area contributed by atoms with Crippen LogP contribution in [0.3, 0.4) is 0 Å². The van der Waals surface area contributed by atoms with Crippen molar-refractivity contribution in [2.45, 2.75) is 39.0 Å². The largest absolute Gasteiger partial charge is 2.00 e. The third-order valence-corrected chi connectivity index (χ3v) is 2.59. The monoisotopic (exact) mass is 248 g/mol. The molecule has 0 spiro atoms. The van der Waals surface area contributed by atoms with Crippen molar-refractivity contribution in [1.29, 1.82) is 0 Å². The topological polar surface area (TPSA) is 3.24 Å². The van der Waals surface area contributed by atoms with E-state index in [2.05, 4.69) is 32.8 Å². The first-order valence-corrected chi connectivity index (χ1v) is 5.87. The first-order chi connectivity index (χ1) is 6.60. The van der Waals surface area contributed by atoms with Gasteiger partial charge in [0.25, 0.3) is 0 Å². The Balaban J connectivity index is 0. The summed E-state index contributed by atoms with van der Waals surface area (Å²) in [6, 6.07) is 0. The molecule has 0 aliphatic heterocycles. The number of hydrogen-bond acceptors (Lipinski definition) is 1. The van der Waals surface area contributed by atoms with E-state index < -0.39 is 0 Å². The molecule has 89 valence electrons. The Bertz CT molecular complexity index is 118. The minimum absolute atomic E-state index is 0. The summed E-state index contributed by atoms with van der Waals surface area (Å²) >= 11 is 0. The molecule has 1 aliphatic rings. The van der Waals surface area contributed by atoms with Crippen LogP contribution < -0.4 is 0 Å². The van der Waals surface area contributed by atoms with Crippen LogP contribution in [-0.4, -0.2) is 25.5 Å². The molecule has 0 aromatic carbocycles. The molecule has 0 aromatic rings. The standard InChI is InChI=1S/C10H20N.C3H7.V/c1-9-4-6-10(7-5-9)8-11(2)3;1-3-2;/h9-10H,1,4-8H2,2-3H3;1,3H2,2H3;/q2*-1;+2. The normalized spacial score (nSPS) is 25.2. The summed E-state index contributed by atoms with van der Waals surface area (Å²) in [6.07, 6.45) is 6.48. The van der Waals surface area contributed by atoms with Gasteiger partial charge in [-0.3, -0.25) is 0 Å². The molecule has 1 fully saturated rings. The summed E-state index contributed by atoms with van der Waals surface area (Å²) in [5.74, 6) is 1.69. The number of rotatable bonds is 2. The van der Waals surface area contributed by atoms with Gasteiger partial charge in [-0.2, -0.15) is 12.3 Å². The average Bonchev–Trinajstić information content (AvgIpc) is 2.09. The molecule has 0 saturated heterocycles. The van der Waals surface area contributed by atoms with Crippen molar-refractivity contribution in [3.8, 4) is 0 Å². The maximum Gasteiger partial charge on any atom is 2.00 e. The fraction of sp³-hybridized carbons (Fsp3) is 0.846. The molecule has 0 aromatic heterocycles. The molecule has 0 amide bonds. The fourth-order valence-electron chi connectivity index (χ4n) is 1.93. The van der Waals surface area contributed by atoms with E-state index in [9.17, 15) is 0 Å². The second-order valence-corrected chi connectivity index (χ2v) is 4.65. The molecule has 0 bridgehead atoms. The molecule has 15 heavy (non-hydrogen) atoms. The molecule has 1 nitrogen and oxygen atoms in total. The zero-order chi connectivity index (χ0) is 11.0. The minimum Gasteiger partial charge on any atom is -0.344 e. The van der Waals surface area contributed by atoms with E-state index in [1.54, 1.807) is 0 Å². The third-order valence-electron chi connectivity index (χ3n) is 2.59. The fourth-order valence-corrected chi connectivity index (χ4v) is 1.93. The van der Waals surface area contributed by atoms with Crippen molar-refractivity contribution in [3.63, 3.8) is 0 Å². The molecule has 1 rings (SSSR count). The zero-order valence-electron chi connectivity index (χ0n) is 10.7.